The number of aliphatic hydroxyl groups is 2. The number of benzene rings is 1. The van der Waals surface area contributed by atoms with Crippen molar-refractivity contribution in [2.75, 3.05) is 26.3 Å². The predicted octanol–water partition coefficient (Wildman–Crippen LogP) is -0.121. The van der Waals surface area contributed by atoms with Crippen LogP contribution in [0.1, 0.15) is 5.56 Å². The highest BCUT2D eigenvalue weighted by Crippen LogP contribution is 2.24. The Bertz CT molecular complexity index is 581. The number of aliphatic hydroxyl groups excluding tert-OH is 2. The summed E-state index contributed by atoms with van der Waals surface area (Å²) in [4.78, 5) is 9.94. The molecule has 0 amide bonds. The first-order chi connectivity index (χ1) is 9.34. The summed E-state index contributed by atoms with van der Waals surface area (Å²) in [7, 11) is -3.99. The Morgan fingerprint density at radius 3 is 2.25 bits per heavy atom. The summed E-state index contributed by atoms with van der Waals surface area (Å²) < 4.78 is 25.4. The molecule has 0 saturated heterocycles. The summed E-state index contributed by atoms with van der Waals surface area (Å²) in [6.45, 7) is 0.309. The van der Waals surface area contributed by atoms with Gasteiger partial charge in [0.05, 0.1) is 23.0 Å². The summed E-state index contributed by atoms with van der Waals surface area (Å²) in [6.07, 6.45) is 0. The molecule has 0 bridgehead atoms. The molecule has 9 heteroatoms. The minimum absolute atomic E-state index is 0.190. The van der Waals surface area contributed by atoms with Gasteiger partial charge in [0.2, 0.25) is 10.0 Å². The van der Waals surface area contributed by atoms with E-state index in [9.17, 15) is 18.5 Å². The lowest BCUT2D eigenvalue weighted by Crippen LogP contribution is -2.35. The van der Waals surface area contributed by atoms with Crippen molar-refractivity contribution in [3.05, 3.63) is 33.9 Å². The maximum Gasteiger partial charge on any atom is 0.273 e. The molecule has 0 radical (unpaired) electrons. The number of hydrogen-bond donors (Lipinski definition) is 2. The quantitative estimate of drug-likeness (QED) is 0.535. The molecule has 0 atom stereocenters. The lowest BCUT2D eigenvalue weighted by Gasteiger charge is -2.20. The average molecular weight is 304 g/mol. The second kappa shape index (κ2) is 6.75. The first-order valence-corrected chi connectivity index (χ1v) is 7.25. The van der Waals surface area contributed by atoms with E-state index in [1.54, 1.807) is 0 Å². The van der Waals surface area contributed by atoms with E-state index < -0.39 is 28.2 Å². The smallest absolute Gasteiger partial charge is 0.273 e. The molecule has 1 aromatic rings. The second-order valence-electron chi connectivity index (χ2n) is 4.06. The SMILES string of the molecule is Cc1ccc(S(=O)(=O)N(CCO)CCO)cc1[N+](=O)[O-]. The van der Waals surface area contributed by atoms with E-state index in [0.29, 0.717) is 5.56 Å². The third-order valence-corrected chi connectivity index (χ3v) is 4.61. The molecule has 1 rings (SSSR count). The average Bonchev–Trinajstić information content (AvgIpc) is 2.38. The third kappa shape index (κ3) is 3.51. The number of aryl methyl sites for hydroxylation is 1. The predicted molar refractivity (Wildman–Crippen MR) is 70.8 cm³/mol. The first kappa shape index (κ1) is 16.5. The van der Waals surface area contributed by atoms with E-state index in [4.69, 9.17) is 10.2 Å². The van der Waals surface area contributed by atoms with Gasteiger partial charge in [-0.25, -0.2) is 8.42 Å². The Morgan fingerprint density at radius 1 is 1.25 bits per heavy atom. The molecule has 0 unspecified atom stereocenters. The van der Waals surface area contributed by atoms with Crippen LogP contribution < -0.4 is 0 Å². The molecule has 2 N–H and O–H groups in total. The molecule has 0 aliphatic rings. The van der Waals surface area contributed by atoms with Crippen LogP contribution in [0.3, 0.4) is 0 Å². The molecular formula is C11H16N2O6S. The third-order valence-electron chi connectivity index (χ3n) is 2.71. The van der Waals surface area contributed by atoms with E-state index in [0.717, 1.165) is 10.4 Å². The number of nitrogens with zero attached hydrogens (tertiary/aromatic N) is 2. The largest absolute Gasteiger partial charge is 0.395 e. The van der Waals surface area contributed by atoms with Crippen LogP contribution in [-0.2, 0) is 10.0 Å². The molecule has 0 heterocycles. The van der Waals surface area contributed by atoms with Crippen LogP contribution in [0.15, 0.2) is 23.1 Å². The highest BCUT2D eigenvalue weighted by atomic mass is 32.2. The Labute approximate surface area is 116 Å². The number of nitro groups is 1. The fraction of sp³-hybridized carbons (Fsp3) is 0.455. The molecule has 0 spiro atoms. The van der Waals surface area contributed by atoms with Crippen molar-refractivity contribution in [2.24, 2.45) is 0 Å². The van der Waals surface area contributed by atoms with E-state index in [-0.39, 0.29) is 23.7 Å². The van der Waals surface area contributed by atoms with Crippen LogP contribution in [0.25, 0.3) is 0 Å². The van der Waals surface area contributed by atoms with Gasteiger partial charge in [-0.05, 0) is 13.0 Å². The molecule has 0 aromatic heterocycles. The highest BCUT2D eigenvalue weighted by molar-refractivity contribution is 7.89. The molecule has 1 aromatic carbocycles. The van der Waals surface area contributed by atoms with Gasteiger partial charge >= 0.3 is 0 Å². The summed E-state index contributed by atoms with van der Waals surface area (Å²) in [5.41, 5.74) is 0.0591. The minimum atomic E-state index is -3.99. The van der Waals surface area contributed by atoms with Crippen LogP contribution in [0.5, 0.6) is 0 Å². The zero-order valence-electron chi connectivity index (χ0n) is 10.9. The van der Waals surface area contributed by atoms with E-state index >= 15 is 0 Å². The molecule has 8 nitrogen and oxygen atoms in total. The topological polar surface area (TPSA) is 121 Å². The van der Waals surface area contributed by atoms with Crippen LogP contribution >= 0.6 is 0 Å². The standard InChI is InChI=1S/C11H16N2O6S/c1-9-2-3-10(8-11(9)13(16)17)20(18,19)12(4-6-14)5-7-15/h2-3,8,14-15H,4-7H2,1H3. The van der Waals surface area contributed by atoms with Gasteiger partial charge < -0.3 is 10.2 Å². The maximum absolute atomic E-state index is 12.3. The van der Waals surface area contributed by atoms with Gasteiger partial charge in [-0.2, -0.15) is 4.31 Å². The number of hydrogen-bond acceptors (Lipinski definition) is 6. The molecule has 20 heavy (non-hydrogen) atoms. The van der Waals surface area contributed by atoms with Crippen molar-refractivity contribution in [3.63, 3.8) is 0 Å². The Balaban J connectivity index is 3.26. The van der Waals surface area contributed by atoms with Crippen molar-refractivity contribution in [3.8, 4) is 0 Å². The minimum Gasteiger partial charge on any atom is -0.395 e. The van der Waals surface area contributed by atoms with E-state index in [1.807, 2.05) is 0 Å². The maximum atomic E-state index is 12.3. The fourth-order valence-corrected chi connectivity index (χ4v) is 3.11. The normalized spacial score (nSPS) is 11.8. The summed E-state index contributed by atoms with van der Waals surface area (Å²) in [5, 5.41) is 28.6. The van der Waals surface area contributed by atoms with E-state index in [2.05, 4.69) is 0 Å². The zero-order valence-corrected chi connectivity index (χ0v) is 11.7. The number of sulfonamides is 1. The fourth-order valence-electron chi connectivity index (χ4n) is 1.67. The highest BCUT2D eigenvalue weighted by Gasteiger charge is 2.26. The molecule has 112 valence electrons. The van der Waals surface area contributed by atoms with Gasteiger partial charge in [-0.3, -0.25) is 10.1 Å². The summed E-state index contributed by atoms with van der Waals surface area (Å²) >= 11 is 0. The van der Waals surface area contributed by atoms with Gasteiger partial charge in [0, 0.05) is 24.7 Å². The molecule has 0 aliphatic heterocycles. The molecule has 0 saturated carbocycles. The summed E-state index contributed by atoms with van der Waals surface area (Å²) in [6, 6.07) is 3.59. The zero-order chi connectivity index (χ0) is 15.3. The van der Waals surface area contributed by atoms with Gasteiger partial charge in [0.15, 0.2) is 0 Å². The van der Waals surface area contributed by atoms with E-state index in [1.165, 1.54) is 19.1 Å². The van der Waals surface area contributed by atoms with Crippen LogP contribution in [-0.4, -0.2) is 54.2 Å². The van der Waals surface area contributed by atoms with Crippen molar-refractivity contribution < 1.29 is 23.6 Å². The van der Waals surface area contributed by atoms with Crippen molar-refractivity contribution >= 4 is 15.7 Å². The van der Waals surface area contributed by atoms with Gasteiger partial charge in [-0.1, -0.05) is 6.07 Å². The Hall–Kier alpha value is -1.55. The van der Waals surface area contributed by atoms with Crippen molar-refractivity contribution in [2.45, 2.75) is 11.8 Å². The molecular weight excluding hydrogens is 288 g/mol. The van der Waals surface area contributed by atoms with Crippen molar-refractivity contribution in [1.82, 2.24) is 4.31 Å². The van der Waals surface area contributed by atoms with Crippen LogP contribution in [0.4, 0.5) is 5.69 Å². The summed E-state index contributed by atoms with van der Waals surface area (Å²) in [5.74, 6) is 0. The molecule has 0 aliphatic carbocycles. The lowest BCUT2D eigenvalue weighted by molar-refractivity contribution is -0.385. The Morgan fingerprint density at radius 2 is 1.80 bits per heavy atom. The van der Waals surface area contributed by atoms with Crippen LogP contribution in [0.2, 0.25) is 0 Å². The Kier molecular flexibility index (Phi) is 5.57. The lowest BCUT2D eigenvalue weighted by atomic mass is 10.2. The van der Waals surface area contributed by atoms with Gasteiger partial charge in [0.25, 0.3) is 5.69 Å². The van der Waals surface area contributed by atoms with Gasteiger partial charge in [0.1, 0.15) is 0 Å². The van der Waals surface area contributed by atoms with Crippen molar-refractivity contribution in [1.29, 1.82) is 0 Å². The van der Waals surface area contributed by atoms with Crippen LogP contribution in [0, 0.1) is 17.0 Å². The molecule has 0 fully saturated rings. The monoisotopic (exact) mass is 304 g/mol. The number of rotatable bonds is 7. The van der Waals surface area contributed by atoms with Gasteiger partial charge in [-0.15, -0.1) is 0 Å². The second-order valence-corrected chi connectivity index (χ2v) is 5.99. The first-order valence-electron chi connectivity index (χ1n) is 5.81. The number of nitro benzene ring substituents is 1.